The summed E-state index contributed by atoms with van der Waals surface area (Å²) in [5.74, 6) is -0.646. The molecule has 170 valence electrons. The third kappa shape index (κ3) is 4.05. The van der Waals surface area contributed by atoms with Crippen molar-refractivity contribution in [3.8, 4) is 0 Å². The van der Waals surface area contributed by atoms with E-state index in [0.29, 0.717) is 37.3 Å². The van der Waals surface area contributed by atoms with Crippen molar-refractivity contribution in [3.63, 3.8) is 0 Å². The molecule has 1 atom stereocenters. The molecule has 1 saturated heterocycles. The van der Waals surface area contributed by atoms with E-state index in [4.69, 9.17) is 0 Å². The van der Waals surface area contributed by atoms with Crippen molar-refractivity contribution < 1.29 is 17.6 Å². The number of sulfone groups is 1. The fourth-order valence-corrected chi connectivity index (χ4v) is 6.46. The van der Waals surface area contributed by atoms with Crippen LogP contribution in [0.3, 0.4) is 0 Å². The maximum Gasteiger partial charge on any atom is 0.255 e. The SMILES string of the molecule is Cc1cncc(C(=O)N2CCN(C3c4ccccc4CS(=O)(=O)c4ccc(F)cc43)CC2)c1. The molecule has 8 heteroatoms. The quantitative estimate of drug-likeness (QED) is 0.543. The highest BCUT2D eigenvalue weighted by Gasteiger charge is 2.36. The number of fused-ring (bicyclic) bond motifs is 2. The third-order valence-electron chi connectivity index (χ3n) is 6.39. The molecule has 0 aliphatic carbocycles. The van der Waals surface area contributed by atoms with Gasteiger partial charge in [-0.2, -0.15) is 0 Å². The van der Waals surface area contributed by atoms with Crippen LogP contribution in [0.2, 0.25) is 0 Å². The minimum atomic E-state index is -3.61. The van der Waals surface area contributed by atoms with E-state index in [-0.39, 0.29) is 16.6 Å². The van der Waals surface area contributed by atoms with Crippen LogP contribution in [-0.4, -0.2) is 55.3 Å². The standard InChI is InChI=1S/C25H24FN3O3S/c1-17-12-19(15-27-14-17)25(30)29-10-8-28(9-11-29)24-21-5-3-2-4-18(21)16-33(31,32)23-7-6-20(26)13-22(23)24/h2-7,12-15,24H,8-11,16H2,1H3. The lowest BCUT2D eigenvalue weighted by Gasteiger charge is -2.40. The lowest BCUT2D eigenvalue weighted by molar-refractivity contribution is 0.0595. The zero-order valence-electron chi connectivity index (χ0n) is 18.2. The molecule has 5 rings (SSSR count). The average Bonchev–Trinajstić information content (AvgIpc) is 2.89. The predicted molar refractivity (Wildman–Crippen MR) is 122 cm³/mol. The van der Waals surface area contributed by atoms with Crippen molar-refractivity contribution in [2.45, 2.75) is 23.6 Å². The summed E-state index contributed by atoms with van der Waals surface area (Å²) in [6.07, 6.45) is 3.29. The normalized spacial score (nSPS) is 19.9. The fourth-order valence-electron chi connectivity index (χ4n) is 4.83. The van der Waals surface area contributed by atoms with Crippen LogP contribution in [0.15, 0.2) is 65.8 Å². The lowest BCUT2D eigenvalue weighted by atomic mass is 9.93. The Morgan fingerprint density at radius 1 is 1.00 bits per heavy atom. The zero-order valence-corrected chi connectivity index (χ0v) is 19.1. The second-order valence-corrected chi connectivity index (χ2v) is 10.6. The second kappa shape index (κ2) is 8.35. The van der Waals surface area contributed by atoms with Gasteiger partial charge in [0.05, 0.1) is 22.3 Å². The van der Waals surface area contributed by atoms with Gasteiger partial charge in [0.2, 0.25) is 0 Å². The zero-order chi connectivity index (χ0) is 23.2. The molecule has 2 aliphatic heterocycles. The third-order valence-corrected chi connectivity index (χ3v) is 8.12. The molecular weight excluding hydrogens is 441 g/mol. The van der Waals surface area contributed by atoms with Gasteiger partial charge in [0.15, 0.2) is 9.84 Å². The first-order chi connectivity index (χ1) is 15.8. The van der Waals surface area contributed by atoms with Gasteiger partial charge in [-0.15, -0.1) is 0 Å². The Labute approximate surface area is 192 Å². The van der Waals surface area contributed by atoms with Crippen LogP contribution < -0.4 is 0 Å². The average molecular weight is 466 g/mol. The molecule has 3 heterocycles. The molecule has 1 aromatic heterocycles. The van der Waals surface area contributed by atoms with Crippen LogP contribution in [0.5, 0.6) is 0 Å². The summed E-state index contributed by atoms with van der Waals surface area (Å²) < 4.78 is 40.6. The van der Waals surface area contributed by atoms with Crippen LogP contribution in [0.4, 0.5) is 4.39 Å². The largest absolute Gasteiger partial charge is 0.336 e. The van der Waals surface area contributed by atoms with Gasteiger partial charge < -0.3 is 4.90 Å². The first-order valence-electron chi connectivity index (χ1n) is 10.9. The molecule has 0 N–H and O–H groups in total. The van der Waals surface area contributed by atoms with E-state index in [1.54, 1.807) is 17.3 Å². The molecule has 3 aromatic rings. The number of aromatic nitrogens is 1. The number of aryl methyl sites for hydroxylation is 1. The number of carbonyl (C=O) groups is 1. The van der Waals surface area contributed by atoms with Gasteiger partial charge in [0.1, 0.15) is 5.82 Å². The Morgan fingerprint density at radius 3 is 2.52 bits per heavy atom. The van der Waals surface area contributed by atoms with Crippen molar-refractivity contribution in [2.24, 2.45) is 0 Å². The monoisotopic (exact) mass is 465 g/mol. The van der Waals surface area contributed by atoms with Gasteiger partial charge in [-0.3, -0.25) is 14.7 Å². The maximum atomic E-state index is 14.3. The lowest BCUT2D eigenvalue weighted by Crippen LogP contribution is -2.50. The van der Waals surface area contributed by atoms with Crippen LogP contribution in [0.1, 0.15) is 38.7 Å². The van der Waals surface area contributed by atoms with E-state index in [0.717, 1.165) is 16.7 Å². The summed E-state index contributed by atoms with van der Waals surface area (Å²) in [6.45, 7) is 3.96. The second-order valence-electron chi connectivity index (χ2n) is 8.62. The number of carbonyl (C=O) groups excluding carboxylic acids is 1. The first kappa shape index (κ1) is 21.7. The van der Waals surface area contributed by atoms with Crippen LogP contribution >= 0.6 is 0 Å². The molecule has 0 bridgehead atoms. The molecule has 2 aliphatic rings. The van der Waals surface area contributed by atoms with Crippen LogP contribution in [0.25, 0.3) is 0 Å². The molecular formula is C25H24FN3O3S. The number of piperazine rings is 1. The number of nitrogens with zero attached hydrogens (tertiary/aromatic N) is 3. The molecule has 0 saturated carbocycles. The Kier molecular flexibility index (Phi) is 5.50. The summed E-state index contributed by atoms with van der Waals surface area (Å²) >= 11 is 0. The number of halogens is 1. The highest BCUT2D eigenvalue weighted by atomic mass is 32.2. The van der Waals surface area contributed by atoms with Gasteiger partial charge in [-0.25, -0.2) is 12.8 Å². The van der Waals surface area contributed by atoms with E-state index in [9.17, 15) is 17.6 Å². The minimum absolute atomic E-state index is 0.0684. The first-order valence-corrected chi connectivity index (χ1v) is 12.5. The molecule has 1 unspecified atom stereocenters. The summed E-state index contributed by atoms with van der Waals surface area (Å²) in [6, 6.07) is 12.8. The van der Waals surface area contributed by atoms with Gasteiger partial charge in [-0.1, -0.05) is 24.3 Å². The smallest absolute Gasteiger partial charge is 0.255 e. The molecule has 0 radical (unpaired) electrons. The summed E-state index contributed by atoms with van der Waals surface area (Å²) in [7, 11) is -3.61. The molecule has 1 fully saturated rings. The fraction of sp³-hybridized carbons (Fsp3) is 0.280. The van der Waals surface area contributed by atoms with Crippen molar-refractivity contribution in [1.82, 2.24) is 14.8 Å². The summed E-state index contributed by atoms with van der Waals surface area (Å²) in [4.78, 5) is 21.2. The Hall–Kier alpha value is -3.10. The van der Waals surface area contributed by atoms with E-state index < -0.39 is 21.7 Å². The van der Waals surface area contributed by atoms with Gasteiger partial charge in [-0.05, 0) is 53.4 Å². The number of hydrogen-bond acceptors (Lipinski definition) is 5. The predicted octanol–water partition coefficient (Wildman–Crippen LogP) is 3.36. The topological polar surface area (TPSA) is 70.6 Å². The van der Waals surface area contributed by atoms with Crippen molar-refractivity contribution in [1.29, 1.82) is 0 Å². The van der Waals surface area contributed by atoms with Crippen molar-refractivity contribution in [2.75, 3.05) is 26.2 Å². The summed E-state index contributed by atoms with van der Waals surface area (Å²) in [5.41, 5.74) is 3.54. The number of rotatable bonds is 2. The Balaban J connectivity index is 1.49. The van der Waals surface area contributed by atoms with Crippen molar-refractivity contribution in [3.05, 3.63) is 94.6 Å². The van der Waals surface area contributed by atoms with Gasteiger partial charge in [0.25, 0.3) is 5.91 Å². The van der Waals surface area contributed by atoms with E-state index in [1.807, 2.05) is 37.3 Å². The molecule has 2 aromatic carbocycles. The van der Waals surface area contributed by atoms with Gasteiger partial charge in [0, 0.05) is 38.6 Å². The molecule has 6 nitrogen and oxygen atoms in total. The van der Waals surface area contributed by atoms with Gasteiger partial charge >= 0.3 is 0 Å². The number of amides is 1. The number of hydrogen-bond donors (Lipinski definition) is 0. The molecule has 1 amide bonds. The highest BCUT2D eigenvalue weighted by Crippen LogP contribution is 2.40. The van der Waals surface area contributed by atoms with E-state index >= 15 is 0 Å². The van der Waals surface area contributed by atoms with Crippen molar-refractivity contribution >= 4 is 15.7 Å². The number of benzene rings is 2. The summed E-state index contributed by atoms with van der Waals surface area (Å²) in [5, 5.41) is 0. The number of pyridine rings is 1. The molecule has 33 heavy (non-hydrogen) atoms. The Bertz CT molecular complexity index is 1330. The highest BCUT2D eigenvalue weighted by molar-refractivity contribution is 7.90. The van der Waals surface area contributed by atoms with E-state index in [1.165, 1.54) is 18.2 Å². The Morgan fingerprint density at radius 2 is 1.76 bits per heavy atom. The van der Waals surface area contributed by atoms with E-state index in [2.05, 4.69) is 9.88 Å². The maximum absolute atomic E-state index is 14.3. The van der Waals surface area contributed by atoms with Crippen LogP contribution in [0, 0.1) is 12.7 Å². The minimum Gasteiger partial charge on any atom is -0.336 e. The van der Waals surface area contributed by atoms with Crippen LogP contribution in [-0.2, 0) is 15.6 Å². The molecule has 0 spiro atoms.